The Labute approximate surface area is 179 Å². The van der Waals surface area contributed by atoms with Crippen molar-refractivity contribution in [2.24, 2.45) is 0 Å². The lowest BCUT2D eigenvalue weighted by Crippen LogP contribution is -2.42. The van der Waals surface area contributed by atoms with Crippen molar-refractivity contribution in [3.8, 4) is 0 Å². The highest BCUT2D eigenvalue weighted by atomic mass is 32.1. The van der Waals surface area contributed by atoms with Gasteiger partial charge in [-0.1, -0.05) is 48.5 Å². The summed E-state index contributed by atoms with van der Waals surface area (Å²) in [5, 5.41) is 7.16. The van der Waals surface area contributed by atoms with E-state index in [9.17, 15) is 14.4 Å². The van der Waals surface area contributed by atoms with Gasteiger partial charge in [-0.3, -0.25) is 14.4 Å². The molecule has 2 aromatic carbocycles. The molecule has 6 nitrogen and oxygen atoms in total. The SMILES string of the molecule is Cc1cccc(NC(=O)CNC(=O)CN(Cc2ccccc2)C(=O)c2cccs2)c1. The first-order chi connectivity index (χ1) is 14.5. The summed E-state index contributed by atoms with van der Waals surface area (Å²) in [7, 11) is 0. The van der Waals surface area contributed by atoms with Crippen LogP contribution in [0, 0.1) is 6.92 Å². The highest BCUT2D eigenvalue weighted by Gasteiger charge is 2.20. The van der Waals surface area contributed by atoms with Crippen LogP contribution in [-0.4, -0.2) is 35.7 Å². The largest absolute Gasteiger partial charge is 0.345 e. The molecular formula is C23H23N3O3S. The van der Waals surface area contributed by atoms with Gasteiger partial charge < -0.3 is 15.5 Å². The van der Waals surface area contributed by atoms with Crippen molar-refractivity contribution in [3.63, 3.8) is 0 Å². The first kappa shape index (κ1) is 21.3. The third kappa shape index (κ3) is 6.28. The molecule has 3 aromatic rings. The molecule has 0 atom stereocenters. The third-order valence-electron chi connectivity index (χ3n) is 4.32. The lowest BCUT2D eigenvalue weighted by molar-refractivity contribution is -0.124. The number of carbonyl (C=O) groups is 3. The minimum atomic E-state index is -0.393. The van der Waals surface area contributed by atoms with Crippen LogP contribution < -0.4 is 10.6 Å². The zero-order valence-electron chi connectivity index (χ0n) is 16.6. The summed E-state index contributed by atoms with van der Waals surface area (Å²) in [6.07, 6.45) is 0. The zero-order chi connectivity index (χ0) is 21.3. The molecule has 2 N–H and O–H groups in total. The zero-order valence-corrected chi connectivity index (χ0v) is 17.4. The highest BCUT2D eigenvalue weighted by molar-refractivity contribution is 7.12. The number of benzene rings is 2. The van der Waals surface area contributed by atoms with Gasteiger partial charge in [0.05, 0.1) is 11.4 Å². The number of anilines is 1. The molecule has 0 saturated carbocycles. The minimum Gasteiger partial charge on any atom is -0.345 e. The average molecular weight is 422 g/mol. The Hall–Kier alpha value is -3.45. The van der Waals surface area contributed by atoms with E-state index in [-0.39, 0.29) is 24.9 Å². The summed E-state index contributed by atoms with van der Waals surface area (Å²) in [5.74, 6) is -0.934. The van der Waals surface area contributed by atoms with E-state index in [4.69, 9.17) is 0 Å². The number of hydrogen-bond acceptors (Lipinski definition) is 4. The van der Waals surface area contributed by atoms with Gasteiger partial charge in [-0.15, -0.1) is 11.3 Å². The number of rotatable bonds is 8. The molecule has 154 valence electrons. The van der Waals surface area contributed by atoms with Crippen LogP contribution in [0.1, 0.15) is 20.8 Å². The van der Waals surface area contributed by atoms with Crippen molar-refractivity contribution in [1.82, 2.24) is 10.2 Å². The van der Waals surface area contributed by atoms with Crippen LogP contribution in [-0.2, 0) is 16.1 Å². The summed E-state index contributed by atoms with van der Waals surface area (Å²) in [6.45, 7) is 1.94. The molecule has 0 aliphatic carbocycles. The minimum absolute atomic E-state index is 0.136. The smallest absolute Gasteiger partial charge is 0.264 e. The summed E-state index contributed by atoms with van der Waals surface area (Å²) < 4.78 is 0. The molecule has 0 fully saturated rings. The molecule has 0 aliphatic rings. The fraction of sp³-hybridized carbons (Fsp3) is 0.174. The van der Waals surface area contributed by atoms with E-state index in [2.05, 4.69) is 10.6 Å². The first-order valence-corrected chi connectivity index (χ1v) is 10.4. The number of aryl methyl sites for hydroxylation is 1. The van der Waals surface area contributed by atoms with E-state index in [0.29, 0.717) is 17.1 Å². The Morgan fingerprint density at radius 1 is 0.933 bits per heavy atom. The molecule has 0 unspecified atom stereocenters. The molecule has 0 saturated heterocycles. The Kier molecular flexibility index (Phi) is 7.34. The molecular weight excluding hydrogens is 398 g/mol. The van der Waals surface area contributed by atoms with Crippen LogP contribution >= 0.6 is 11.3 Å². The number of nitrogens with zero attached hydrogens (tertiary/aromatic N) is 1. The topological polar surface area (TPSA) is 78.5 Å². The monoisotopic (exact) mass is 421 g/mol. The Morgan fingerprint density at radius 2 is 1.73 bits per heavy atom. The van der Waals surface area contributed by atoms with Crippen LogP contribution in [0.4, 0.5) is 5.69 Å². The molecule has 1 heterocycles. The number of thiophene rings is 1. The summed E-state index contributed by atoms with van der Waals surface area (Å²) >= 11 is 1.33. The molecule has 0 aliphatic heterocycles. The number of hydrogen-bond donors (Lipinski definition) is 2. The van der Waals surface area contributed by atoms with Crippen LogP contribution in [0.25, 0.3) is 0 Å². The fourth-order valence-corrected chi connectivity index (χ4v) is 3.59. The van der Waals surface area contributed by atoms with Crippen molar-refractivity contribution in [1.29, 1.82) is 0 Å². The maximum Gasteiger partial charge on any atom is 0.264 e. The lowest BCUT2D eigenvalue weighted by Gasteiger charge is -2.22. The van der Waals surface area contributed by atoms with Gasteiger partial charge in [-0.2, -0.15) is 0 Å². The number of nitrogens with one attached hydrogen (secondary N) is 2. The van der Waals surface area contributed by atoms with E-state index < -0.39 is 5.91 Å². The van der Waals surface area contributed by atoms with Crippen LogP contribution in [0.5, 0.6) is 0 Å². The molecule has 7 heteroatoms. The van der Waals surface area contributed by atoms with E-state index in [0.717, 1.165) is 11.1 Å². The van der Waals surface area contributed by atoms with E-state index in [1.165, 1.54) is 16.2 Å². The van der Waals surface area contributed by atoms with Gasteiger partial charge in [0.15, 0.2) is 0 Å². The first-order valence-electron chi connectivity index (χ1n) is 9.51. The standard InChI is InChI=1S/C23H23N3O3S/c1-17-7-5-10-19(13-17)25-21(27)14-24-22(28)16-26(15-18-8-3-2-4-9-18)23(29)20-11-6-12-30-20/h2-13H,14-16H2,1H3,(H,24,28)(H,25,27). The molecule has 0 spiro atoms. The maximum absolute atomic E-state index is 12.8. The van der Waals surface area contributed by atoms with Gasteiger partial charge in [0, 0.05) is 12.2 Å². The van der Waals surface area contributed by atoms with Crippen molar-refractivity contribution >= 4 is 34.7 Å². The maximum atomic E-state index is 12.8. The normalized spacial score (nSPS) is 10.3. The number of amides is 3. The summed E-state index contributed by atoms with van der Waals surface area (Å²) in [5.41, 5.74) is 2.63. The molecule has 30 heavy (non-hydrogen) atoms. The molecule has 0 bridgehead atoms. The predicted molar refractivity (Wildman–Crippen MR) is 118 cm³/mol. The Morgan fingerprint density at radius 3 is 2.43 bits per heavy atom. The van der Waals surface area contributed by atoms with Crippen LogP contribution in [0.15, 0.2) is 72.1 Å². The van der Waals surface area contributed by atoms with Gasteiger partial charge in [0.1, 0.15) is 6.54 Å². The van der Waals surface area contributed by atoms with E-state index >= 15 is 0 Å². The summed E-state index contributed by atoms with van der Waals surface area (Å²) in [4.78, 5) is 39.4. The second-order valence-electron chi connectivity index (χ2n) is 6.82. The number of carbonyl (C=O) groups excluding carboxylic acids is 3. The Bertz CT molecular complexity index is 1000. The van der Waals surface area contributed by atoms with E-state index in [1.807, 2.05) is 60.8 Å². The average Bonchev–Trinajstić information content (AvgIpc) is 3.27. The van der Waals surface area contributed by atoms with Gasteiger partial charge in [0.2, 0.25) is 11.8 Å². The van der Waals surface area contributed by atoms with Crippen molar-refractivity contribution < 1.29 is 14.4 Å². The molecule has 0 radical (unpaired) electrons. The van der Waals surface area contributed by atoms with Gasteiger partial charge in [0.25, 0.3) is 5.91 Å². The molecule has 1 aromatic heterocycles. The van der Waals surface area contributed by atoms with E-state index in [1.54, 1.807) is 18.2 Å². The second-order valence-corrected chi connectivity index (χ2v) is 7.77. The van der Waals surface area contributed by atoms with Gasteiger partial charge in [-0.05, 0) is 41.6 Å². The highest BCUT2D eigenvalue weighted by Crippen LogP contribution is 2.14. The van der Waals surface area contributed by atoms with Gasteiger partial charge >= 0.3 is 0 Å². The van der Waals surface area contributed by atoms with Crippen LogP contribution in [0.2, 0.25) is 0 Å². The summed E-state index contributed by atoms with van der Waals surface area (Å²) in [6, 6.07) is 20.4. The molecule has 3 rings (SSSR count). The third-order valence-corrected chi connectivity index (χ3v) is 5.18. The quantitative estimate of drug-likeness (QED) is 0.585. The lowest BCUT2D eigenvalue weighted by atomic mass is 10.2. The Balaban J connectivity index is 1.58. The van der Waals surface area contributed by atoms with Crippen molar-refractivity contribution in [2.75, 3.05) is 18.4 Å². The predicted octanol–water partition coefficient (Wildman–Crippen LogP) is 3.45. The van der Waals surface area contributed by atoms with Crippen LogP contribution in [0.3, 0.4) is 0 Å². The van der Waals surface area contributed by atoms with Crippen molar-refractivity contribution in [2.45, 2.75) is 13.5 Å². The molecule has 3 amide bonds. The second kappa shape index (κ2) is 10.4. The van der Waals surface area contributed by atoms with Crippen molar-refractivity contribution in [3.05, 3.63) is 88.1 Å². The van der Waals surface area contributed by atoms with Gasteiger partial charge in [-0.25, -0.2) is 0 Å². The fourth-order valence-electron chi connectivity index (χ4n) is 2.90.